The lowest BCUT2D eigenvalue weighted by Gasteiger charge is -2.12. The Kier molecular flexibility index (Phi) is 6.90. The fraction of sp³-hybridized carbons (Fsp3) is 0.136. The van der Waals surface area contributed by atoms with E-state index in [4.69, 9.17) is 51.1 Å². The van der Waals surface area contributed by atoms with Crippen LogP contribution < -0.4 is 4.74 Å². The van der Waals surface area contributed by atoms with Crippen LogP contribution >= 0.6 is 46.4 Å². The number of aliphatic imine (C=N–C) groups is 1. The maximum Gasteiger partial charge on any atom is 0.157 e. The molecule has 0 saturated heterocycles. The minimum absolute atomic E-state index is 0.228. The van der Waals surface area contributed by atoms with Crippen molar-refractivity contribution in [2.75, 3.05) is 0 Å². The Balaban J connectivity index is 1.76. The summed E-state index contributed by atoms with van der Waals surface area (Å²) in [4.78, 5) is 4.49. The molecule has 0 aliphatic heterocycles. The van der Waals surface area contributed by atoms with Crippen molar-refractivity contribution >= 4 is 58.3 Å². The van der Waals surface area contributed by atoms with E-state index in [9.17, 15) is 0 Å². The van der Waals surface area contributed by atoms with Gasteiger partial charge in [0.25, 0.3) is 0 Å². The second-order valence-corrected chi connectivity index (χ2v) is 8.02. The molecular formula is C22H17Cl4NO. The summed E-state index contributed by atoms with van der Waals surface area (Å²) in [6, 6.07) is 14.8. The lowest BCUT2D eigenvalue weighted by atomic mass is 10.1. The maximum absolute atomic E-state index is 6.37. The third-order valence-corrected chi connectivity index (χ3v) is 5.41. The van der Waals surface area contributed by atoms with Crippen LogP contribution in [0, 0.1) is 13.8 Å². The topological polar surface area (TPSA) is 21.6 Å². The molecule has 0 unspecified atom stereocenters. The number of rotatable bonds is 5. The van der Waals surface area contributed by atoms with Crippen molar-refractivity contribution < 1.29 is 4.74 Å². The summed E-state index contributed by atoms with van der Waals surface area (Å²) in [5.41, 5.74) is 4.86. The molecule has 0 amide bonds. The van der Waals surface area contributed by atoms with Crippen LogP contribution in [0.4, 0.5) is 5.69 Å². The van der Waals surface area contributed by atoms with Gasteiger partial charge in [-0.15, -0.1) is 0 Å². The molecule has 0 aliphatic carbocycles. The van der Waals surface area contributed by atoms with Gasteiger partial charge in [0.05, 0.1) is 15.7 Å². The van der Waals surface area contributed by atoms with Gasteiger partial charge in [-0.3, -0.25) is 4.99 Å². The Morgan fingerprint density at radius 3 is 2.18 bits per heavy atom. The van der Waals surface area contributed by atoms with Crippen molar-refractivity contribution in [1.29, 1.82) is 0 Å². The molecule has 28 heavy (non-hydrogen) atoms. The Bertz CT molecular complexity index is 1020. The van der Waals surface area contributed by atoms with Gasteiger partial charge < -0.3 is 4.74 Å². The van der Waals surface area contributed by atoms with Crippen LogP contribution in [0.15, 0.2) is 53.5 Å². The van der Waals surface area contributed by atoms with Gasteiger partial charge in [-0.2, -0.15) is 0 Å². The van der Waals surface area contributed by atoms with Crippen LogP contribution in [0.5, 0.6) is 5.75 Å². The maximum atomic E-state index is 6.37. The molecule has 0 saturated carbocycles. The first-order chi connectivity index (χ1) is 13.3. The zero-order chi connectivity index (χ0) is 20.3. The van der Waals surface area contributed by atoms with Crippen LogP contribution in [0.3, 0.4) is 0 Å². The molecule has 144 valence electrons. The second-order valence-electron chi connectivity index (χ2n) is 6.36. The summed E-state index contributed by atoms with van der Waals surface area (Å²) in [5, 5.41) is 1.90. The first-order valence-electron chi connectivity index (χ1n) is 8.50. The van der Waals surface area contributed by atoms with Crippen LogP contribution in [0.25, 0.3) is 0 Å². The quantitative estimate of drug-likeness (QED) is 0.357. The summed E-state index contributed by atoms with van der Waals surface area (Å²) in [6.45, 7) is 4.35. The predicted molar refractivity (Wildman–Crippen MR) is 120 cm³/mol. The van der Waals surface area contributed by atoms with Gasteiger partial charge >= 0.3 is 0 Å². The standard InChI is InChI=1S/C22H17Cl4NO/c1-13-3-6-18(7-14(13)2)27-11-15-8-20(25)22(21(26)9-15)28-12-16-4-5-17(23)10-19(16)24/h3-11H,12H2,1-2H3. The van der Waals surface area contributed by atoms with Gasteiger partial charge in [-0.25, -0.2) is 0 Å². The molecule has 0 heterocycles. The Morgan fingerprint density at radius 2 is 1.54 bits per heavy atom. The van der Waals surface area contributed by atoms with Gasteiger partial charge in [0, 0.05) is 21.8 Å². The van der Waals surface area contributed by atoms with Crippen LogP contribution in [-0.2, 0) is 6.61 Å². The van der Waals surface area contributed by atoms with Crippen LogP contribution in [0.2, 0.25) is 20.1 Å². The van der Waals surface area contributed by atoms with Gasteiger partial charge in [-0.1, -0.05) is 58.5 Å². The second kappa shape index (κ2) is 9.19. The van der Waals surface area contributed by atoms with Crippen molar-refractivity contribution in [3.8, 4) is 5.75 Å². The van der Waals surface area contributed by atoms with E-state index in [1.807, 2.05) is 18.2 Å². The van der Waals surface area contributed by atoms with Gasteiger partial charge in [-0.05, 0) is 66.9 Å². The SMILES string of the molecule is Cc1ccc(N=Cc2cc(Cl)c(OCc3ccc(Cl)cc3Cl)c(Cl)c2)cc1C. The van der Waals surface area contributed by atoms with Gasteiger partial charge in [0.15, 0.2) is 5.75 Å². The molecule has 0 aromatic heterocycles. The van der Waals surface area contributed by atoms with E-state index in [-0.39, 0.29) is 6.61 Å². The van der Waals surface area contributed by atoms with E-state index in [0.717, 1.165) is 16.8 Å². The number of aryl methyl sites for hydroxylation is 2. The predicted octanol–water partition coefficient (Wildman–Crippen LogP) is 8.25. The normalized spacial score (nSPS) is 11.2. The third-order valence-electron chi connectivity index (χ3n) is 4.26. The molecule has 0 bridgehead atoms. The largest absolute Gasteiger partial charge is 0.486 e. The number of hydrogen-bond acceptors (Lipinski definition) is 2. The lowest BCUT2D eigenvalue weighted by Crippen LogP contribution is -1.98. The van der Waals surface area contributed by atoms with E-state index < -0.39 is 0 Å². The summed E-state index contributed by atoms with van der Waals surface area (Å²) >= 11 is 24.8. The first-order valence-corrected chi connectivity index (χ1v) is 10.0. The average molecular weight is 453 g/mol. The molecule has 0 atom stereocenters. The smallest absolute Gasteiger partial charge is 0.157 e. The molecule has 3 aromatic carbocycles. The highest BCUT2D eigenvalue weighted by Crippen LogP contribution is 2.35. The number of hydrogen-bond donors (Lipinski definition) is 0. The summed E-state index contributed by atoms with van der Waals surface area (Å²) < 4.78 is 5.79. The van der Waals surface area contributed by atoms with E-state index in [0.29, 0.717) is 25.8 Å². The van der Waals surface area contributed by atoms with E-state index in [1.54, 1.807) is 36.5 Å². The highest BCUT2D eigenvalue weighted by Gasteiger charge is 2.11. The van der Waals surface area contributed by atoms with Gasteiger partial charge in [0.2, 0.25) is 0 Å². The van der Waals surface area contributed by atoms with Crippen molar-refractivity contribution in [3.63, 3.8) is 0 Å². The van der Waals surface area contributed by atoms with Crippen molar-refractivity contribution in [2.45, 2.75) is 20.5 Å². The van der Waals surface area contributed by atoms with Crippen LogP contribution in [-0.4, -0.2) is 6.21 Å². The highest BCUT2D eigenvalue weighted by atomic mass is 35.5. The first kappa shape index (κ1) is 21.0. The fourth-order valence-corrected chi connectivity index (χ4v) is 3.61. The van der Waals surface area contributed by atoms with Crippen molar-refractivity contribution in [2.24, 2.45) is 4.99 Å². The molecule has 0 radical (unpaired) electrons. The Hall–Kier alpha value is -1.71. The molecule has 0 spiro atoms. The summed E-state index contributed by atoms with van der Waals surface area (Å²) in [7, 11) is 0. The monoisotopic (exact) mass is 451 g/mol. The number of halogens is 4. The van der Waals surface area contributed by atoms with E-state index in [1.165, 1.54) is 11.1 Å². The van der Waals surface area contributed by atoms with E-state index in [2.05, 4.69) is 18.8 Å². The fourth-order valence-electron chi connectivity index (χ4n) is 2.54. The van der Waals surface area contributed by atoms with Crippen molar-refractivity contribution in [1.82, 2.24) is 0 Å². The molecule has 2 nitrogen and oxygen atoms in total. The molecule has 3 rings (SSSR count). The zero-order valence-electron chi connectivity index (χ0n) is 15.3. The Labute approximate surface area is 184 Å². The minimum Gasteiger partial charge on any atom is -0.486 e. The Morgan fingerprint density at radius 1 is 0.821 bits per heavy atom. The number of benzene rings is 3. The molecule has 0 N–H and O–H groups in total. The summed E-state index contributed by atoms with van der Waals surface area (Å²) in [6.07, 6.45) is 1.72. The zero-order valence-corrected chi connectivity index (χ0v) is 18.3. The molecule has 0 aliphatic rings. The lowest BCUT2D eigenvalue weighted by molar-refractivity contribution is 0.306. The third kappa shape index (κ3) is 5.21. The van der Waals surface area contributed by atoms with Gasteiger partial charge in [0.1, 0.15) is 6.61 Å². The molecule has 0 fully saturated rings. The van der Waals surface area contributed by atoms with Crippen LogP contribution in [0.1, 0.15) is 22.3 Å². The molecular weight excluding hydrogens is 436 g/mol. The highest BCUT2D eigenvalue weighted by molar-refractivity contribution is 6.37. The molecule has 3 aromatic rings. The molecule has 6 heteroatoms. The van der Waals surface area contributed by atoms with Crippen molar-refractivity contribution in [3.05, 3.63) is 90.9 Å². The number of ether oxygens (including phenoxy) is 1. The summed E-state index contributed by atoms with van der Waals surface area (Å²) in [5.74, 6) is 0.401. The van der Waals surface area contributed by atoms with E-state index >= 15 is 0 Å². The minimum atomic E-state index is 0.228. The number of nitrogens with zero attached hydrogens (tertiary/aromatic N) is 1. The average Bonchev–Trinajstić information content (AvgIpc) is 2.63.